The second-order valence-corrected chi connectivity index (χ2v) is 10.6. The highest BCUT2D eigenvalue weighted by Crippen LogP contribution is 2.33. The SMILES string of the molecule is COC(=O)C(CCSC)N(C(=O)c1ccccc1-c1ccccc1C)C(N)c1nc2ccc(F)cc2s1. The quantitative estimate of drug-likeness (QED) is 0.214. The van der Waals surface area contributed by atoms with Gasteiger partial charge in [0, 0.05) is 5.56 Å². The number of ether oxygens (including phenoxy) is 1. The number of benzene rings is 3. The van der Waals surface area contributed by atoms with Crippen molar-refractivity contribution in [3.63, 3.8) is 0 Å². The summed E-state index contributed by atoms with van der Waals surface area (Å²) in [6.07, 6.45) is 1.22. The van der Waals surface area contributed by atoms with E-state index < -0.39 is 24.1 Å². The van der Waals surface area contributed by atoms with Crippen molar-refractivity contribution >= 4 is 45.2 Å². The van der Waals surface area contributed by atoms with Crippen LogP contribution >= 0.6 is 23.1 Å². The molecule has 0 fully saturated rings. The molecule has 192 valence electrons. The van der Waals surface area contributed by atoms with Crippen LogP contribution in [0.1, 0.15) is 33.5 Å². The number of hydrogen-bond donors (Lipinski definition) is 1. The Morgan fingerprint density at radius 1 is 1.11 bits per heavy atom. The van der Waals surface area contributed by atoms with Crippen LogP contribution < -0.4 is 5.73 Å². The van der Waals surface area contributed by atoms with Crippen LogP contribution in [0.5, 0.6) is 0 Å². The third kappa shape index (κ3) is 5.69. The molecule has 0 saturated heterocycles. The minimum atomic E-state index is -1.05. The number of thioether (sulfide) groups is 1. The Hall–Kier alpha value is -3.27. The lowest BCUT2D eigenvalue weighted by Gasteiger charge is -2.34. The van der Waals surface area contributed by atoms with Crippen LogP contribution in [0.3, 0.4) is 0 Å². The van der Waals surface area contributed by atoms with Crippen LogP contribution in [0.15, 0.2) is 66.7 Å². The number of thiazole rings is 1. The van der Waals surface area contributed by atoms with Gasteiger partial charge in [-0.1, -0.05) is 42.5 Å². The first-order valence-electron chi connectivity index (χ1n) is 11.7. The van der Waals surface area contributed by atoms with Gasteiger partial charge >= 0.3 is 5.97 Å². The maximum atomic E-state index is 14.3. The number of hydrogen-bond acceptors (Lipinski definition) is 7. The molecule has 3 aromatic carbocycles. The third-order valence-corrected chi connectivity index (χ3v) is 7.88. The average molecular weight is 538 g/mol. The lowest BCUT2D eigenvalue weighted by Crippen LogP contribution is -2.50. The Bertz CT molecular complexity index is 1420. The topological polar surface area (TPSA) is 85.5 Å². The molecule has 1 aromatic heterocycles. The van der Waals surface area contributed by atoms with Gasteiger partial charge in [-0.2, -0.15) is 11.8 Å². The highest BCUT2D eigenvalue weighted by atomic mass is 32.2. The summed E-state index contributed by atoms with van der Waals surface area (Å²) in [5.74, 6) is -0.740. The van der Waals surface area contributed by atoms with E-state index in [1.807, 2.05) is 49.6 Å². The van der Waals surface area contributed by atoms with Crippen molar-refractivity contribution in [3.8, 4) is 11.1 Å². The predicted molar refractivity (Wildman–Crippen MR) is 148 cm³/mol. The Morgan fingerprint density at radius 3 is 2.51 bits per heavy atom. The average Bonchev–Trinajstić information content (AvgIpc) is 3.33. The number of carbonyl (C=O) groups excluding carboxylic acids is 2. The smallest absolute Gasteiger partial charge is 0.328 e. The van der Waals surface area contributed by atoms with Crippen LogP contribution in [0.2, 0.25) is 0 Å². The van der Waals surface area contributed by atoms with E-state index in [1.165, 1.54) is 35.5 Å². The molecule has 0 aliphatic heterocycles. The van der Waals surface area contributed by atoms with E-state index in [9.17, 15) is 14.0 Å². The zero-order valence-electron chi connectivity index (χ0n) is 20.8. The lowest BCUT2D eigenvalue weighted by atomic mass is 9.95. The number of nitrogens with zero attached hydrogens (tertiary/aromatic N) is 2. The zero-order valence-corrected chi connectivity index (χ0v) is 22.4. The molecule has 2 unspecified atom stereocenters. The molecule has 9 heteroatoms. The highest BCUT2D eigenvalue weighted by Gasteiger charge is 2.37. The molecule has 0 aliphatic rings. The molecule has 0 bridgehead atoms. The molecular formula is C28H28FN3O3S2. The number of methoxy groups -OCH3 is 1. The molecule has 0 aliphatic carbocycles. The standard InChI is InChI=1S/C28H28FN3O3S2/c1-17-8-4-5-9-19(17)20-10-6-7-11-21(20)27(33)32(23(14-15-36-3)28(34)35-2)25(30)26-31-22-13-12-18(29)16-24(22)37-26/h4-13,16,23,25H,14-15,30H2,1-3H3. The molecule has 0 radical (unpaired) electrons. The summed E-state index contributed by atoms with van der Waals surface area (Å²) in [6.45, 7) is 1.98. The van der Waals surface area contributed by atoms with Crippen LogP contribution in [0.25, 0.3) is 21.3 Å². The fraction of sp³-hybridized carbons (Fsp3) is 0.250. The Labute approximate surface area is 223 Å². The van der Waals surface area contributed by atoms with Gasteiger partial charge < -0.3 is 15.4 Å². The van der Waals surface area contributed by atoms with Gasteiger partial charge in [-0.15, -0.1) is 11.3 Å². The maximum absolute atomic E-state index is 14.3. The van der Waals surface area contributed by atoms with E-state index in [1.54, 1.807) is 30.0 Å². The molecule has 2 atom stereocenters. The van der Waals surface area contributed by atoms with Gasteiger partial charge in [-0.3, -0.25) is 4.79 Å². The fourth-order valence-electron chi connectivity index (χ4n) is 4.28. The van der Waals surface area contributed by atoms with Crippen molar-refractivity contribution in [2.75, 3.05) is 19.1 Å². The Kier molecular flexibility index (Phi) is 8.58. The number of carbonyl (C=O) groups is 2. The van der Waals surface area contributed by atoms with Crippen LogP contribution in [-0.2, 0) is 9.53 Å². The van der Waals surface area contributed by atoms with Crippen LogP contribution in [0.4, 0.5) is 4.39 Å². The lowest BCUT2D eigenvalue weighted by molar-refractivity contribution is -0.147. The largest absolute Gasteiger partial charge is 0.467 e. The number of aryl methyl sites for hydroxylation is 1. The molecule has 1 heterocycles. The third-order valence-electron chi connectivity index (χ3n) is 6.15. The molecular weight excluding hydrogens is 509 g/mol. The molecule has 1 amide bonds. The van der Waals surface area contributed by atoms with E-state index in [4.69, 9.17) is 10.5 Å². The van der Waals surface area contributed by atoms with Crippen molar-refractivity contribution in [2.24, 2.45) is 5.73 Å². The molecule has 0 saturated carbocycles. The highest BCUT2D eigenvalue weighted by molar-refractivity contribution is 7.98. The first-order chi connectivity index (χ1) is 17.8. The Balaban J connectivity index is 1.85. The fourth-order valence-corrected chi connectivity index (χ4v) is 5.73. The van der Waals surface area contributed by atoms with Crippen molar-refractivity contribution in [3.05, 3.63) is 88.7 Å². The summed E-state index contributed by atoms with van der Waals surface area (Å²) < 4.78 is 19.5. The minimum absolute atomic E-state index is 0.347. The van der Waals surface area contributed by atoms with Gasteiger partial charge in [0.1, 0.15) is 23.0 Å². The van der Waals surface area contributed by atoms with Gasteiger partial charge in [0.15, 0.2) is 0 Å². The van der Waals surface area contributed by atoms with Crippen molar-refractivity contribution in [1.82, 2.24) is 9.88 Å². The first kappa shape index (κ1) is 26.8. The van der Waals surface area contributed by atoms with Gasteiger partial charge in [0.05, 0.1) is 17.3 Å². The Morgan fingerprint density at radius 2 is 1.81 bits per heavy atom. The monoisotopic (exact) mass is 537 g/mol. The predicted octanol–water partition coefficient (Wildman–Crippen LogP) is 5.81. The van der Waals surface area contributed by atoms with Crippen molar-refractivity contribution in [1.29, 1.82) is 0 Å². The minimum Gasteiger partial charge on any atom is -0.467 e. The van der Waals surface area contributed by atoms with E-state index in [0.717, 1.165) is 16.7 Å². The second kappa shape index (κ2) is 11.9. The number of amides is 1. The zero-order chi connectivity index (χ0) is 26.5. The van der Waals surface area contributed by atoms with Gasteiger partial charge in [-0.25, -0.2) is 14.2 Å². The summed E-state index contributed by atoms with van der Waals surface area (Å²) in [5, 5.41) is 0.403. The molecule has 4 rings (SSSR count). The molecule has 2 N–H and O–H groups in total. The second-order valence-electron chi connectivity index (χ2n) is 8.50. The van der Waals surface area contributed by atoms with Crippen molar-refractivity contribution < 1.29 is 18.7 Å². The van der Waals surface area contributed by atoms with Gasteiger partial charge in [0.25, 0.3) is 5.91 Å². The summed E-state index contributed by atoms with van der Waals surface area (Å²) in [5.41, 5.74) is 10.4. The van der Waals surface area contributed by atoms with E-state index in [2.05, 4.69) is 4.98 Å². The number of halogens is 1. The summed E-state index contributed by atoms with van der Waals surface area (Å²) in [6, 6.07) is 18.4. The molecule has 4 aromatic rings. The number of fused-ring (bicyclic) bond motifs is 1. The number of rotatable bonds is 9. The summed E-state index contributed by atoms with van der Waals surface area (Å²) in [4.78, 5) is 33.3. The maximum Gasteiger partial charge on any atom is 0.328 e. The van der Waals surface area contributed by atoms with Gasteiger partial charge in [0.2, 0.25) is 0 Å². The van der Waals surface area contributed by atoms with Gasteiger partial charge in [-0.05, 0) is 66.3 Å². The number of esters is 1. The van der Waals surface area contributed by atoms with Crippen molar-refractivity contribution in [2.45, 2.75) is 25.6 Å². The first-order valence-corrected chi connectivity index (χ1v) is 13.9. The molecule has 37 heavy (non-hydrogen) atoms. The van der Waals surface area contributed by atoms with E-state index in [-0.39, 0.29) is 5.82 Å². The normalized spacial score (nSPS) is 12.8. The van der Waals surface area contributed by atoms with E-state index in [0.29, 0.717) is 33.0 Å². The summed E-state index contributed by atoms with van der Waals surface area (Å²) in [7, 11) is 1.30. The number of aromatic nitrogens is 1. The van der Waals surface area contributed by atoms with E-state index >= 15 is 0 Å². The number of nitrogens with two attached hydrogens (primary N) is 1. The molecule has 0 spiro atoms. The summed E-state index contributed by atoms with van der Waals surface area (Å²) >= 11 is 2.75. The van der Waals surface area contributed by atoms with Crippen LogP contribution in [0, 0.1) is 12.7 Å². The molecule has 6 nitrogen and oxygen atoms in total. The van der Waals surface area contributed by atoms with Crippen LogP contribution in [-0.4, -0.2) is 46.9 Å².